The van der Waals surface area contributed by atoms with Crippen LogP contribution in [0.2, 0.25) is 0 Å². The lowest BCUT2D eigenvalue weighted by atomic mass is 9.81. The minimum absolute atomic E-state index is 0.500. The zero-order chi connectivity index (χ0) is 11.0. The second-order valence-corrected chi connectivity index (χ2v) is 4.69. The number of aliphatic hydroxyl groups is 1. The predicted octanol–water partition coefficient (Wildman–Crippen LogP) is 2.13. The molecule has 2 atom stereocenters. The third-order valence-corrected chi connectivity index (χ3v) is 3.34. The van der Waals surface area contributed by atoms with E-state index in [0.29, 0.717) is 12.8 Å². The van der Waals surface area contributed by atoms with Gasteiger partial charge in [-0.15, -0.1) is 0 Å². The van der Waals surface area contributed by atoms with Gasteiger partial charge in [-0.1, -0.05) is 22.0 Å². The summed E-state index contributed by atoms with van der Waals surface area (Å²) < 4.78 is 0.960. The Morgan fingerprint density at radius 1 is 1.47 bits per heavy atom. The number of benzene rings is 1. The van der Waals surface area contributed by atoms with E-state index < -0.39 is 18.0 Å². The molecule has 0 bridgehead atoms. The fourth-order valence-corrected chi connectivity index (χ4v) is 2.43. The second-order valence-electron chi connectivity index (χ2n) is 3.77. The van der Waals surface area contributed by atoms with Crippen molar-refractivity contribution in [3.05, 3.63) is 33.8 Å². The van der Waals surface area contributed by atoms with Crippen molar-refractivity contribution in [1.82, 2.24) is 0 Å². The van der Waals surface area contributed by atoms with Crippen molar-refractivity contribution in [2.45, 2.75) is 18.9 Å². The molecule has 15 heavy (non-hydrogen) atoms. The van der Waals surface area contributed by atoms with Crippen LogP contribution in [0.4, 0.5) is 0 Å². The van der Waals surface area contributed by atoms with Crippen LogP contribution in [0.1, 0.15) is 23.7 Å². The fourth-order valence-electron chi connectivity index (χ4n) is 2.02. The minimum atomic E-state index is -0.920. The first kappa shape index (κ1) is 10.6. The average molecular weight is 271 g/mol. The number of carbonyl (C=O) groups is 1. The van der Waals surface area contributed by atoms with Gasteiger partial charge in [-0.2, -0.15) is 0 Å². The molecule has 80 valence electrons. The number of hydrogen-bond donors (Lipinski definition) is 2. The Hall–Kier alpha value is -0.870. The fraction of sp³-hybridized carbons (Fsp3) is 0.364. The van der Waals surface area contributed by atoms with Crippen molar-refractivity contribution in [1.29, 1.82) is 0 Å². The summed E-state index contributed by atoms with van der Waals surface area (Å²) in [5.41, 5.74) is 1.78. The van der Waals surface area contributed by atoms with Crippen LogP contribution in [0.25, 0.3) is 0 Å². The van der Waals surface area contributed by atoms with Crippen LogP contribution in [0.15, 0.2) is 22.7 Å². The Kier molecular flexibility index (Phi) is 2.80. The van der Waals surface area contributed by atoms with E-state index in [1.807, 2.05) is 12.1 Å². The van der Waals surface area contributed by atoms with Crippen molar-refractivity contribution in [3.63, 3.8) is 0 Å². The van der Waals surface area contributed by atoms with Gasteiger partial charge in [0.1, 0.15) is 0 Å². The zero-order valence-electron chi connectivity index (χ0n) is 7.98. The maximum atomic E-state index is 10.9. The number of hydrogen-bond acceptors (Lipinski definition) is 2. The van der Waals surface area contributed by atoms with Crippen LogP contribution in [0.3, 0.4) is 0 Å². The lowest BCUT2D eigenvalue weighted by molar-refractivity contribution is -0.146. The topological polar surface area (TPSA) is 57.5 Å². The van der Waals surface area contributed by atoms with Crippen LogP contribution < -0.4 is 0 Å². The highest BCUT2D eigenvalue weighted by Crippen LogP contribution is 2.35. The van der Waals surface area contributed by atoms with Gasteiger partial charge in [0.05, 0.1) is 12.0 Å². The van der Waals surface area contributed by atoms with Crippen LogP contribution in [0, 0.1) is 5.92 Å². The number of aryl methyl sites for hydroxylation is 1. The predicted molar refractivity (Wildman–Crippen MR) is 58.5 cm³/mol. The number of aliphatic hydroxyl groups excluding tert-OH is 1. The zero-order valence-corrected chi connectivity index (χ0v) is 9.57. The summed E-state index contributed by atoms with van der Waals surface area (Å²) in [6, 6.07) is 5.56. The van der Waals surface area contributed by atoms with E-state index in [-0.39, 0.29) is 0 Å². The molecule has 2 unspecified atom stereocenters. The molecule has 0 amide bonds. The van der Waals surface area contributed by atoms with E-state index in [9.17, 15) is 9.90 Å². The normalized spacial score (nSPS) is 24.7. The third kappa shape index (κ3) is 1.92. The first-order chi connectivity index (χ1) is 7.09. The SMILES string of the molecule is O=C(O)C1CCc2cc(Br)ccc2C1O. The summed E-state index contributed by atoms with van der Waals surface area (Å²) in [4.78, 5) is 10.9. The van der Waals surface area contributed by atoms with Crippen molar-refractivity contribution in [2.24, 2.45) is 5.92 Å². The molecular weight excluding hydrogens is 260 g/mol. The summed E-state index contributed by atoms with van der Waals surface area (Å²) in [6.07, 6.45) is 0.335. The van der Waals surface area contributed by atoms with Crippen molar-refractivity contribution >= 4 is 21.9 Å². The van der Waals surface area contributed by atoms with Crippen molar-refractivity contribution in [2.75, 3.05) is 0 Å². The molecule has 0 radical (unpaired) electrons. The van der Waals surface area contributed by atoms with Crippen LogP contribution in [-0.4, -0.2) is 16.2 Å². The molecule has 4 heteroatoms. The van der Waals surface area contributed by atoms with E-state index in [4.69, 9.17) is 5.11 Å². The standard InChI is InChI=1S/C11H11BrO3/c12-7-2-4-8-6(5-7)1-3-9(10(8)13)11(14)15/h2,4-5,9-10,13H,1,3H2,(H,14,15). The van der Waals surface area contributed by atoms with Gasteiger partial charge in [0.2, 0.25) is 0 Å². The van der Waals surface area contributed by atoms with E-state index in [2.05, 4.69) is 15.9 Å². The van der Waals surface area contributed by atoms with Gasteiger partial charge in [0, 0.05) is 4.47 Å². The summed E-state index contributed by atoms with van der Waals surface area (Å²) in [5, 5.41) is 18.8. The Morgan fingerprint density at radius 3 is 2.87 bits per heavy atom. The molecule has 1 aromatic rings. The first-order valence-corrected chi connectivity index (χ1v) is 5.58. The highest BCUT2D eigenvalue weighted by Gasteiger charge is 2.32. The van der Waals surface area contributed by atoms with Crippen molar-refractivity contribution < 1.29 is 15.0 Å². The molecule has 0 spiro atoms. The van der Waals surface area contributed by atoms with Gasteiger partial charge in [0.15, 0.2) is 0 Å². The highest BCUT2D eigenvalue weighted by molar-refractivity contribution is 9.10. The number of fused-ring (bicyclic) bond motifs is 1. The number of rotatable bonds is 1. The van der Waals surface area contributed by atoms with Crippen LogP contribution in [-0.2, 0) is 11.2 Å². The van der Waals surface area contributed by atoms with Gasteiger partial charge < -0.3 is 10.2 Å². The molecule has 0 aromatic heterocycles. The van der Waals surface area contributed by atoms with Crippen LogP contribution >= 0.6 is 15.9 Å². The average Bonchev–Trinajstić information content (AvgIpc) is 2.17. The summed E-state index contributed by atoms with van der Waals surface area (Å²) in [7, 11) is 0. The van der Waals surface area contributed by atoms with Gasteiger partial charge in [-0.3, -0.25) is 4.79 Å². The van der Waals surface area contributed by atoms with E-state index >= 15 is 0 Å². The maximum Gasteiger partial charge on any atom is 0.309 e. The Balaban J connectivity index is 2.38. The van der Waals surface area contributed by atoms with Gasteiger partial charge in [0.25, 0.3) is 0 Å². The van der Waals surface area contributed by atoms with Crippen LogP contribution in [0.5, 0.6) is 0 Å². The van der Waals surface area contributed by atoms with E-state index in [1.165, 1.54) is 0 Å². The molecular formula is C11H11BrO3. The smallest absolute Gasteiger partial charge is 0.309 e. The molecule has 1 aliphatic carbocycles. The largest absolute Gasteiger partial charge is 0.481 e. The van der Waals surface area contributed by atoms with Gasteiger partial charge in [-0.05, 0) is 36.1 Å². The molecule has 0 aliphatic heterocycles. The molecule has 2 N–H and O–H groups in total. The Bertz CT molecular complexity index is 403. The van der Waals surface area contributed by atoms with Gasteiger partial charge >= 0.3 is 5.97 Å². The molecule has 3 nitrogen and oxygen atoms in total. The number of halogens is 1. The molecule has 0 saturated carbocycles. The maximum absolute atomic E-state index is 10.9. The minimum Gasteiger partial charge on any atom is -0.481 e. The third-order valence-electron chi connectivity index (χ3n) is 2.85. The Morgan fingerprint density at radius 2 is 2.20 bits per heavy atom. The molecule has 0 saturated heterocycles. The number of carboxylic acids is 1. The monoisotopic (exact) mass is 270 g/mol. The molecule has 0 fully saturated rings. The quantitative estimate of drug-likeness (QED) is 0.822. The second kappa shape index (κ2) is 3.94. The van der Waals surface area contributed by atoms with E-state index in [1.54, 1.807) is 6.07 Å². The number of carboxylic acid groups (broad SMARTS) is 1. The molecule has 0 heterocycles. The lowest BCUT2D eigenvalue weighted by Crippen LogP contribution is -2.27. The van der Waals surface area contributed by atoms with E-state index in [0.717, 1.165) is 15.6 Å². The highest BCUT2D eigenvalue weighted by atomic mass is 79.9. The molecule has 2 rings (SSSR count). The Labute approximate surface area is 95.9 Å². The summed E-state index contributed by atoms with van der Waals surface area (Å²) in [5.74, 6) is -1.59. The molecule has 1 aliphatic rings. The molecule has 1 aromatic carbocycles. The van der Waals surface area contributed by atoms with Crippen molar-refractivity contribution in [3.8, 4) is 0 Å². The van der Waals surface area contributed by atoms with Gasteiger partial charge in [-0.25, -0.2) is 0 Å². The lowest BCUT2D eigenvalue weighted by Gasteiger charge is -2.27. The first-order valence-electron chi connectivity index (χ1n) is 4.79. The number of aliphatic carboxylic acids is 1. The summed E-state index contributed by atoms with van der Waals surface area (Å²) in [6.45, 7) is 0. The summed E-state index contributed by atoms with van der Waals surface area (Å²) >= 11 is 3.36.